The highest BCUT2D eigenvalue weighted by molar-refractivity contribution is 5.75. The van der Waals surface area contributed by atoms with Crippen LogP contribution in [0.25, 0.3) is 0 Å². The van der Waals surface area contributed by atoms with Gasteiger partial charge in [0.25, 0.3) is 0 Å². The summed E-state index contributed by atoms with van der Waals surface area (Å²) in [6, 6.07) is 4.35. The molecule has 0 aliphatic carbocycles. The van der Waals surface area contributed by atoms with E-state index >= 15 is 0 Å². The maximum Gasteiger partial charge on any atom is 0.416 e. The summed E-state index contributed by atoms with van der Waals surface area (Å²) in [4.78, 5) is 24.4. The molecule has 1 aliphatic heterocycles. The summed E-state index contributed by atoms with van der Waals surface area (Å²) >= 11 is 0. The number of nitrogens with one attached hydrogen (secondary N) is 1. The van der Waals surface area contributed by atoms with Crippen LogP contribution in [0.3, 0.4) is 0 Å². The zero-order valence-electron chi connectivity index (χ0n) is 17.3. The van der Waals surface area contributed by atoms with Gasteiger partial charge < -0.3 is 14.8 Å². The fourth-order valence-electron chi connectivity index (χ4n) is 3.30. The van der Waals surface area contributed by atoms with Gasteiger partial charge in [0.05, 0.1) is 17.5 Å². The van der Waals surface area contributed by atoms with Crippen LogP contribution in [0, 0.1) is 11.8 Å². The van der Waals surface area contributed by atoms with Gasteiger partial charge in [0, 0.05) is 6.42 Å². The van der Waals surface area contributed by atoms with Crippen LogP contribution in [0.1, 0.15) is 52.2 Å². The topological polar surface area (TPSA) is 64.6 Å². The number of halogens is 3. The van der Waals surface area contributed by atoms with E-state index in [-0.39, 0.29) is 12.3 Å². The molecule has 1 fully saturated rings. The number of esters is 1. The van der Waals surface area contributed by atoms with E-state index in [9.17, 15) is 22.8 Å². The lowest BCUT2D eigenvalue weighted by molar-refractivity contribution is -0.145. The lowest BCUT2D eigenvalue weighted by Crippen LogP contribution is -2.48. The minimum Gasteiger partial charge on any atom is -0.460 e. The van der Waals surface area contributed by atoms with E-state index in [1.165, 1.54) is 12.1 Å². The van der Waals surface area contributed by atoms with Crippen LogP contribution >= 0.6 is 0 Å². The second-order valence-corrected chi connectivity index (χ2v) is 8.72. The Balaban J connectivity index is 2.02. The molecule has 0 spiro atoms. The van der Waals surface area contributed by atoms with E-state index in [4.69, 9.17) is 9.47 Å². The summed E-state index contributed by atoms with van der Waals surface area (Å²) in [6.45, 7) is 9.07. The first-order valence-electron chi connectivity index (χ1n) is 9.62. The Labute approximate surface area is 168 Å². The Morgan fingerprint density at radius 1 is 1.21 bits per heavy atom. The molecule has 1 aromatic carbocycles. The van der Waals surface area contributed by atoms with Crippen LogP contribution in [0.4, 0.5) is 18.0 Å². The minimum absolute atomic E-state index is 0.00913. The molecule has 0 saturated carbocycles. The van der Waals surface area contributed by atoms with Gasteiger partial charge in [-0.2, -0.15) is 13.2 Å². The van der Waals surface area contributed by atoms with E-state index in [2.05, 4.69) is 5.32 Å². The third-order valence-electron chi connectivity index (χ3n) is 4.68. The summed E-state index contributed by atoms with van der Waals surface area (Å²) in [7, 11) is 0. The number of amides is 1. The Bertz CT molecular complexity index is 723. The first-order chi connectivity index (χ1) is 13.3. The number of carbonyl (C=O) groups is 2. The normalized spacial score (nSPS) is 21.1. The lowest BCUT2D eigenvalue weighted by atomic mass is 9.90. The third kappa shape index (κ3) is 6.65. The van der Waals surface area contributed by atoms with Gasteiger partial charge in [-0.1, -0.05) is 26.0 Å². The van der Waals surface area contributed by atoms with E-state index in [0.29, 0.717) is 12.0 Å². The Morgan fingerprint density at radius 3 is 2.28 bits per heavy atom. The summed E-state index contributed by atoms with van der Waals surface area (Å²) in [5.41, 5.74) is -0.750. The number of ether oxygens (including phenoxy) is 2. The maximum absolute atomic E-state index is 12.7. The van der Waals surface area contributed by atoms with Gasteiger partial charge in [0.1, 0.15) is 11.7 Å². The van der Waals surface area contributed by atoms with Gasteiger partial charge in [-0.05, 0) is 50.8 Å². The largest absolute Gasteiger partial charge is 0.460 e. The molecule has 1 saturated heterocycles. The molecule has 5 nitrogen and oxygen atoms in total. The minimum atomic E-state index is -4.40. The van der Waals surface area contributed by atoms with Gasteiger partial charge >= 0.3 is 18.2 Å². The molecule has 1 amide bonds. The molecule has 2 rings (SSSR count). The van der Waals surface area contributed by atoms with Crippen molar-refractivity contribution in [1.29, 1.82) is 0 Å². The van der Waals surface area contributed by atoms with Crippen molar-refractivity contribution in [2.45, 2.75) is 71.4 Å². The van der Waals surface area contributed by atoms with E-state index < -0.39 is 47.5 Å². The standard InChI is InChI=1S/C21H28F3NO4/c1-12(2)17(25-19(27)29-20(3,4)5)16-11-14(18(26)28-16)10-13-6-8-15(9-7-13)21(22,23)24/h6-9,12,14,16-17H,10-11H2,1-5H3,(H,25,27)/t14-,16+,17+/m1/s1. The summed E-state index contributed by atoms with van der Waals surface area (Å²) < 4.78 is 48.8. The van der Waals surface area contributed by atoms with Crippen LogP contribution in [0.15, 0.2) is 24.3 Å². The van der Waals surface area contributed by atoms with Crippen LogP contribution in [0.2, 0.25) is 0 Å². The number of alkyl carbamates (subject to hydrolysis) is 1. The van der Waals surface area contributed by atoms with E-state index in [0.717, 1.165) is 12.1 Å². The van der Waals surface area contributed by atoms with Crippen molar-refractivity contribution in [3.05, 3.63) is 35.4 Å². The average Bonchev–Trinajstić information content (AvgIpc) is 2.91. The maximum atomic E-state index is 12.7. The number of benzene rings is 1. The monoisotopic (exact) mass is 415 g/mol. The molecule has 0 radical (unpaired) electrons. The zero-order valence-corrected chi connectivity index (χ0v) is 17.3. The van der Waals surface area contributed by atoms with Crippen molar-refractivity contribution < 1.29 is 32.2 Å². The number of hydrogen-bond acceptors (Lipinski definition) is 4. The molecule has 1 aromatic rings. The molecule has 162 valence electrons. The van der Waals surface area contributed by atoms with E-state index in [1.807, 2.05) is 13.8 Å². The molecule has 0 unspecified atom stereocenters. The lowest BCUT2D eigenvalue weighted by Gasteiger charge is -2.28. The van der Waals surface area contributed by atoms with Gasteiger partial charge in [-0.3, -0.25) is 4.79 Å². The third-order valence-corrected chi connectivity index (χ3v) is 4.68. The average molecular weight is 415 g/mol. The molecule has 1 N–H and O–H groups in total. The second kappa shape index (κ2) is 8.63. The van der Waals surface area contributed by atoms with Crippen molar-refractivity contribution >= 4 is 12.1 Å². The summed E-state index contributed by atoms with van der Waals surface area (Å²) in [5, 5.41) is 2.78. The SMILES string of the molecule is CC(C)[C@H](NC(=O)OC(C)(C)C)[C@@H]1C[C@@H](Cc2ccc(C(F)(F)F)cc2)C(=O)O1. The molecule has 8 heteroatoms. The highest BCUT2D eigenvalue weighted by atomic mass is 19.4. The highest BCUT2D eigenvalue weighted by Gasteiger charge is 2.41. The Hall–Kier alpha value is -2.25. The van der Waals surface area contributed by atoms with Crippen LogP contribution in [-0.4, -0.2) is 29.8 Å². The molecule has 1 heterocycles. The van der Waals surface area contributed by atoms with Crippen LogP contribution in [-0.2, 0) is 26.9 Å². The molecular weight excluding hydrogens is 387 g/mol. The van der Waals surface area contributed by atoms with Gasteiger partial charge in [-0.25, -0.2) is 4.79 Å². The predicted molar refractivity (Wildman–Crippen MR) is 101 cm³/mol. The number of hydrogen-bond donors (Lipinski definition) is 1. The first kappa shape index (κ1) is 23.0. The smallest absolute Gasteiger partial charge is 0.416 e. The van der Waals surface area contributed by atoms with Crippen molar-refractivity contribution in [2.24, 2.45) is 11.8 Å². The molecule has 1 aliphatic rings. The fraction of sp³-hybridized carbons (Fsp3) is 0.619. The van der Waals surface area contributed by atoms with Gasteiger partial charge in [0.15, 0.2) is 0 Å². The van der Waals surface area contributed by atoms with Gasteiger partial charge in [-0.15, -0.1) is 0 Å². The van der Waals surface area contributed by atoms with Crippen LogP contribution in [0.5, 0.6) is 0 Å². The Morgan fingerprint density at radius 2 is 1.79 bits per heavy atom. The predicted octanol–water partition coefficient (Wildman–Crippen LogP) is 4.73. The molecule has 3 atom stereocenters. The summed E-state index contributed by atoms with van der Waals surface area (Å²) in [6.07, 6.45) is -4.84. The fourth-order valence-corrected chi connectivity index (χ4v) is 3.30. The molecular formula is C21H28F3NO4. The summed E-state index contributed by atoms with van der Waals surface area (Å²) in [5.74, 6) is -0.893. The van der Waals surface area contributed by atoms with Gasteiger partial charge in [0.2, 0.25) is 0 Å². The number of carbonyl (C=O) groups excluding carboxylic acids is 2. The molecule has 0 bridgehead atoms. The van der Waals surface area contributed by atoms with Crippen molar-refractivity contribution in [2.75, 3.05) is 0 Å². The van der Waals surface area contributed by atoms with Crippen molar-refractivity contribution in [1.82, 2.24) is 5.32 Å². The zero-order chi connectivity index (χ0) is 22.0. The number of rotatable bonds is 5. The molecule has 0 aromatic heterocycles. The van der Waals surface area contributed by atoms with Crippen molar-refractivity contribution in [3.63, 3.8) is 0 Å². The number of alkyl halides is 3. The number of cyclic esters (lactones) is 1. The van der Waals surface area contributed by atoms with E-state index in [1.54, 1.807) is 20.8 Å². The first-order valence-corrected chi connectivity index (χ1v) is 9.62. The second-order valence-electron chi connectivity index (χ2n) is 8.72. The highest BCUT2D eigenvalue weighted by Crippen LogP contribution is 2.32. The molecule has 29 heavy (non-hydrogen) atoms. The van der Waals surface area contributed by atoms with Crippen molar-refractivity contribution in [3.8, 4) is 0 Å². The quantitative estimate of drug-likeness (QED) is 0.707. The van der Waals surface area contributed by atoms with Crippen LogP contribution < -0.4 is 5.32 Å². The Kier molecular flexibility index (Phi) is 6.86.